The van der Waals surface area contributed by atoms with E-state index in [0.29, 0.717) is 17.1 Å². The van der Waals surface area contributed by atoms with Gasteiger partial charge in [-0.3, -0.25) is 35.2 Å². The van der Waals surface area contributed by atoms with Crippen LogP contribution in [0.4, 0.5) is 5.69 Å². The van der Waals surface area contributed by atoms with Gasteiger partial charge in [0, 0.05) is 0 Å². The maximum Gasteiger partial charge on any atom is 0.307 e. The number of rotatable bonds is 5. The average Bonchev–Trinajstić information content (AvgIpc) is 3.33. The number of hydrogen-bond acceptors (Lipinski definition) is 7. The second-order valence-electron chi connectivity index (χ2n) is 5.22. The molecule has 2 N–H and O–H groups in total. The SMILES string of the molecule is Cc1occc1C(=O)NNC(=O)c1ccc(Cn2cc([N+](=O)[O-])cn2)o1. The number of aromatic nitrogens is 2. The standard InChI is InChI=1S/C15H13N5O6/c1-9-12(4-5-25-9)14(21)17-18-15(22)13-3-2-11(26-13)8-19-7-10(6-16-19)20(23)24/h2-7H,8H2,1H3,(H,17,21)(H,18,22). The predicted molar refractivity (Wildman–Crippen MR) is 85.1 cm³/mol. The Morgan fingerprint density at radius 1 is 1.27 bits per heavy atom. The van der Waals surface area contributed by atoms with Crippen molar-refractivity contribution in [1.82, 2.24) is 20.6 Å². The van der Waals surface area contributed by atoms with Gasteiger partial charge in [-0.2, -0.15) is 5.10 Å². The van der Waals surface area contributed by atoms with Crippen molar-refractivity contribution >= 4 is 17.5 Å². The van der Waals surface area contributed by atoms with Crippen molar-refractivity contribution in [3.63, 3.8) is 0 Å². The molecule has 0 fully saturated rings. The van der Waals surface area contributed by atoms with Gasteiger partial charge < -0.3 is 8.83 Å². The lowest BCUT2D eigenvalue weighted by Gasteiger charge is -2.05. The summed E-state index contributed by atoms with van der Waals surface area (Å²) in [5.41, 5.74) is 4.62. The molecule has 0 aliphatic carbocycles. The van der Waals surface area contributed by atoms with Crippen LogP contribution < -0.4 is 10.9 Å². The van der Waals surface area contributed by atoms with Gasteiger partial charge in [0.15, 0.2) is 5.76 Å². The van der Waals surface area contributed by atoms with Crippen LogP contribution in [-0.2, 0) is 6.54 Å². The molecule has 2 amide bonds. The molecular formula is C15H13N5O6. The Labute approximate surface area is 145 Å². The number of carbonyl (C=O) groups excluding carboxylic acids is 2. The molecule has 11 heteroatoms. The molecule has 3 aromatic heterocycles. The van der Waals surface area contributed by atoms with Gasteiger partial charge in [-0.1, -0.05) is 0 Å². The molecule has 0 aliphatic heterocycles. The molecule has 0 unspecified atom stereocenters. The van der Waals surface area contributed by atoms with Crippen molar-refractivity contribution in [2.75, 3.05) is 0 Å². The number of nitrogens with zero attached hydrogens (tertiary/aromatic N) is 3. The van der Waals surface area contributed by atoms with E-state index in [4.69, 9.17) is 8.83 Å². The van der Waals surface area contributed by atoms with E-state index < -0.39 is 16.7 Å². The normalized spacial score (nSPS) is 10.5. The van der Waals surface area contributed by atoms with E-state index in [1.807, 2.05) is 0 Å². The molecule has 3 rings (SSSR count). The minimum atomic E-state index is -0.655. The van der Waals surface area contributed by atoms with Crippen LogP contribution >= 0.6 is 0 Å². The molecule has 0 radical (unpaired) electrons. The first-order chi connectivity index (χ1) is 12.4. The molecule has 26 heavy (non-hydrogen) atoms. The van der Waals surface area contributed by atoms with Crippen molar-refractivity contribution in [2.24, 2.45) is 0 Å². The fourth-order valence-corrected chi connectivity index (χ4v) is 2.14. The van der Waals surface area contributed by atoms with Crippen molar-refractivity contribution in [3.8, 4) is 0 Å². The van der Waals surface area contributed by atoms with Gasteiger partial charge in [-0.25, -0.2) is 0 Å². The van der Waals surface area contributed by atoms with Gasteiger partial charge in [0.2, 0.25) is 0 Å². The van der Waals surface area contributed by atoms with Crippen molar-refractivity contribution < 1.29 is 23.3 Å². The minimum Gasteiger partial charge on any atom is -0.469 e. The molecule has 3 aromatic rings. The summed E-state index contributed by atoms with van der Waals surface area (Å²) in [4.78, 5) is 34.0. The van der Waals surface area contributed by atoms with Gasteiger partial charge in [0.05, 0.1) is 23.3 Å². The van der Waals surface area contributed by atoms with Crippen LogP contribution in [-0.4, -0.2) is 26.5 Å². The van der Waals surface area contributed by atoms with E-state index in [-0.39, 0.29) is 18.0 Å². The number of hydrogen-bond donors (Lipinski definition) is 2. The highest BCUT2D eigenvalue weighted by atomic mass is 16.6. The number of furan rings is 2. The minimum absolute atomic E-state index is 0.0362. The lowest BCUT2D eigenvalue weighted by molar-refractivity contribution is -0.385. The number of nitrogens with one attached hydrogen (secondary N) is 2. The first kappa shape index (κ1) is 17.0. The highest BCUT2D eigenvalue weighted by Crippen LogP contribution is 2.13. The lowest BCUT2D eigenvalue weighted by Crippen LogP contribution is -2.41. The lowest BCUT2D eigenvalue weighted by atomic mass is 10.2. The third kappa shape index (κ3) is 3.61. The first-order valence-electron chi connectivity index (χ1n) is 7.34. The number of amides is 2. The topological polar surface area (TPSA) is 145 Å². The second-order valence-corrected chi connectivity index (χ2v) is 5.22. The monoisotopic (exact) mass is 359 g/mol. The summed E-state index contributed by atoms with van der Waals surface area (Å²) >= 11 is 0. The highest BCUT2D eigenvalue weighted by molar-refractivity contribution is 5.98. The molecule has 134 valence electrons. The zero-order chi connectivity index (χ0) is 18.7. The van der Waals surface area contributed by atoms with Gasteiger partial charge in [-0.15, -0.1) is 0 Å². The van der Waals surface area contributed by atoms with E-state index in [9.17, 15) is 19.7 Å². The second kappa shape index (κ2) is 6.93. The predicted octanol–water partition coefficient (Wildman–Crippen LogP) is 1.41. The third-order valence-corrected chi connectivity index (χ3v) is 3.43. The van der Waals surface area contributed by atoms with Crippen molar-refractivity contribution in [2.45, 2.75) is 13.5 Å². The Morgan fingerprint density at radius 3 is 2.69 bits per heavy atom. The van der Waals surface area contributed by atoms with Gasteiger partial charge in [0.1, 0.15) is 23.9 Å². The summed E-state index contributed by atoms with van der Waals surface area (Å²) in [7, 11) is 0. The zero-order valence-electron chi connectivity index (χ0n) is 13.5. The molecule has 0 atom stereocenters. The summed E-state index contributed by atoms with van der Waals surface area (Å²) in [6, 6.07) is 4.42. The number of hydrazine groups is 1. The molecule has 0 saturated heterocycles. The van der Waals surface area contributed by atoms with E-state index in [2.05, 4.69) is 16.0 Å². The van der Waals surface area contributed by atoms with Gasteiger partial charge >= 0.3 is 11.6 Å². The maximum absolute atomic E-state index is 12.0. The fourth-order valence-electron chi connectivity index (χ4n) is 2.14. The van der Waals surface area contributed by atoms with E-state index >= 15 is 0 Å². The summed E-state index contributed by atoms with van der Waals surface area (Å²) in [6.07, 6.45) is 3.73. The molecule has 0 aromatic carbocycles. The number of carbonyl (C=O) groups is 2. The smallest absolute Gasteiger partial charge is 0.307 e. The third-order valence-electron chi connectivity index (χ3n) is 3.43. The maximum atomic E-state index is 12.0. The molecule has 0 aliphatic rings. The number of nitro groups is 1. The van der Waals surface area contributed by atoms with Crippen molar-refractivity contribution in [3.05, 3.63) is 69.8 Å². The van der Waals surface area contributed by atoms with Crippen LogP contribution in [0.25, 0.3) is 0 Å². The van der Waals surface area contributed by atoms with Crippen LogP contribution in [0, 0.1) is 17.0 Å². The molecule has 0 saturated carbocycles. The van der Waals surface area contributed by atoms with E-state index in [1.165, 1.54) is 35.3 Å². The van der Waals surface area contributed by atoms with Gasteiger partial charge in [0.25, 0.3) is 5.91 Å². The summed E-state index contributed by atoms with van der Waals surface area (Å²) < 4.78 is 11.7. The Bertz CT molecular complexity index is 969. The molecule has 3 heterocycles. The van der Waals surface area contributed by atoms with Crippen LogP contribution in [0.3, 0.4) is 0 Å². The quantitative estimate of drug-likeness (QED) is 0.517. The van der Waals surface area contributed by atoms with Crippen LogP contribution in [0.2, 0.25) is 0 Å². The first-order valence-corrected chi connectivity index (χ1v) is 7.34. The molecule has 11 nitrogen and oxygen atoms in total. The summed E-state index contributed by atoms with van der Waals surface area (Å²) in [5.74, 6) is -0.432. The highest BCUT2D eigenvalue weighted by Gasteiger charge is 2.16. The zero-order valence-corrected chi connectivity index (χ0v) is 13.5. The average molecular weight is 359 g/mol. The van der Waals surface area contributed by atoms with Crippen molar-refractivity contribution in [1.29, 1.82) is 0 Å². The largest absolute Gasteiger partial charge is 0.469 e. The number of aryl methyl sites for hydroxylation is 1. The molecule has 0 spiro atoms. The van der Waals surface area contributed by atoms with E-state index in [0.717, 1.165) is 6.20 Å². The van der Waals surface area contributed by atoms with Crippen LogP contribution in [0.5, 0.6) is 0 Å². The Kier molecular flexibility index (Phi) is 4.51. The summed E-state index contributed by atoms with van der Waals surface area (Å²) in [5, 5.41) is 14.5. The Hall–Kier alpha value is -3.89. The van der Waals surface area contributed by atoms with E-state index in [1.54, 1.807) is 6.92 Å². The van der Waals surface area contributed by atoms with Crippen LogP contribution in [0.1, 0.15) is 32.4 Å². The molecule has 0 bridgehead atoms. The fraction of sp³-hybridized carbons (Fsp3) is 0.133. The Balaban J connectivity index is 1.58. The van der Waals surface area contributed by atoms with Crippen LogP contribution in [0.15, 0.2) is 45.7 Å². The Morgan fingerprint density at radius 2 is 2.04 bits per heavy atom. The molecular weight excluding hydrogens is 346 g/mol. The summed E-state index contributed by atoms with van der Waals surface area (Å²) in [6.45, 7) is 1.73. The van der Waals surface area contributed by atoms with Gasteiger partial charge in [-0.05, 0) is 25.1 Å².